The Morgan fingerprint density at radius 2 is 2.17 bits per heavy atom. The van der Waals surface area contributed by atoms with Gasteiger partial charge >= 0.3 is 5.97 Å². The summed E-state index contributed by atoms with van der Waals surface area (Å²) in [4.78, 5) is 23.0. The molecule has 5 nitrogen and oxygen atoms in total. The number of hydrogen-bond acceptors (Lipinski definition) is 4. The molecule has 1 amide bonds. The number of aryl methyl sites for hydroxylation is 1. The number of anilines is 1. The Kier molecular flexibility index (Phi) is 3.41. The molecule has 1 heterocycles. The fraction of sp³-hybridized carbons (Fsp3) is 0.308. The fourth-order valence-electron chi connectivity index (χ4n) is 1.81. The third kappa shape index (κ3) is 2.40. The average Bonchev–Trinajstić information content (AvgIpc) is 2.70. The monoisotopic (exact) mass is 246 g/mol. The van der Waals surface area contributed by atoms with Gasteiger partial charge in [-0.25, -0.2) is 5.01 Å². The van der Waals surface area contributed by atoms with Crippen molar-refractivity contribution in [3.8, 4) is 0 Å². The summed E-state index contributed by atoms with van der Waals surface area (Å²) >= 11 is 0. The zero-order chi connectivity index (χ0) is 13.1. The van der Waals surface area contributed by atoms with Crippen LogP contribution in [0.2, 0.25) is 0 Å². The molecule has 5 heteroatoms. The van der Waals surface area contributed by atoms with Crippen LogP contribution in [-0.2, 0) is 14.3 Å². The summed E-state index contributed by atoms with van der Waals surface area (Å²) in [6.45, 7) is 1.91. The van der Waals surface area contributed by atoms with Crippen molar-refractivity contribution in [3.05, 3.63) is 29.8 Å². The first kappa shape index (κ1) is 12.3. The molecule has 0 spiro atoms. The van der Waals surface area contributed by atoms with Gasteiger partial charge in [-0.3, -0.25) is 9.59 Å². The minimum atomic E-state index is -0.381. The maximum Gasteiger partial charge on any atom is 0.311 e. The molecule has 0 aromatic heterocycles. The van der Waals surface area contributed by atoms with Gasteiger partial charge in [0.1, 0.15) is 0 Å². The van der Waals surface area contributed by atoms with Crippen molar-refractivity contribution in [2.45, 2.75) is 19.8 Å². The molecular formula is C13H14N2O3. The van der Waals surface area contributed by atoms with Crippen molar-refractivity contribution in [3.63, 3.8) is 0 Å². The van der Waals surface area contributed by atoms with E-state index in [0.717, 1.165) is 11.3 Å². The summed E-state index contributed by atoms with van der Waals surface area (Å²) in [5.74, 6) is -0.503. The third-order valence-corrected chi connectivity index (χ3v) is 2.75. The number of nitrogens with zero attached hydrogens (tertiary/aromatic N) is 2. The van der Waals surface area contributed by atoms with E-state index in [-0.39, 0.29) is 24.7 Å². The number of hydrazone groups is 1. The summed E-state index contributed by atoms with van der Waals surface area (Å²) in [6, 6.07) is 7.50. The molecule has 0 radical (unpaired) electrons. The number of methoxy groups -OCH3 is 1. The molecule has 2 rings (SSSR count). The maximum absolute atomic E-state index is 11.9. The summed E-state index contributed by atoms with van der Waals surface area (Å²) in [5.41, 5.74) is 2.26. The van der Waals surface area contributed by atoms with Gasteiger partial charge in [0.05, 0.1) is 31.4 Å². The summed E-state index contributed by atoms with van der Waals surface area (Å²) in [7, 11) is 1.32. The zero-order valence-corrected chi connectivity index (χ0v) is 10.3. The van der Waals surface area contributed by atoms with Gasteiger partial charge in [0, 0.05) is 0 Å². The van der Waals surface area contributed by atoms with E-state index in [2.05, 4.69) is 9.84 Å². The second-order valence-corrected chi connectivity index (χ2v) is 4.09. The standard InChI is InChI=1S/C13H14N2O3/c1-9-5-3-4-6-11(9)15-12(16)7-10(14-15)8-13(17)18-2/h3-6H,7-8H2,1-2H3. The Morgan fingerprint density at radius 3 is 2.83 bits per heavy atom. The van der Waals surface area contributed by atoms with Crippen LogP contribution in [0.1, 0.15) is 18.4 Å². The van der Waals surface area contributed by atoms with Crippen LogP contribution in [0.4, 0.5) is 5.69 Å². The molecule has 1 aromatic rings. The molecule has 0 saturated carbocycles. The normalized spacial score (nSPS) is 14.7. The van der Waals surface area contributed by atoms with Gasteiger partial charge in [-0.1, -0.05) is 18.2 Å². The van der Waals surface area contributed by atoms with Crippen LogP contribution in [0.25, 0.3) is 0 Å². The van der Waals surface area contributed by atoms with Crippen molar-refractivity contribution >= 4 is 23.3 Å². The first-order chi connectivity index (χ1) is 8.61. The van der Waals surface area contributed by atoms with Gasteiger partial charge in [0.15, 0.2) is 0 Å². The average molecular weight is 246 g/mol. The highest BCUT2D eigenvalue weighted by atomic mass is 16.5. The van der Waals surface area contributed by atoms with E-state index in [0.29, 0.717) is 5.71 Å². The van der Waals surface area contributed by atoms with Crippen LogP contribution >= 0.6 is 0 Å². The van der Waals surface area contributed by atoms with Crippen molar-refractivity contribution in [1.82, 2.24) is 0 Å². The Morgan fingerprint density at radius 1 is 1.44 bits per heavy atom. The van der Waals surface area contributed by atoms with Gasteiger partial charge < -0.3 is 4.74 Å². The minimum Gasteiger partial charge on any atom is -0.469 e. The second kappa shape index (κ2) is 5.00. The number of rotatable bonds is 3. The Bertz CT molecular complexity index is 523. The number of amides is 1. The Labute approximate surface area is 105 Å². The number of benzene rings is 1. The molecule has 0 bridgehead atoms. The number of hydrogen-bond donors (Lipinski definition) is 0. The van der Waals surface area contributed by atoms with Crippen LogP contribution in [0.3, 0.4) is 0 Å². The molecule has 0 saturated heterocycles. The van der Waals surface area contributed by atoms with E-state index in [1.165, 1.54) is 12.1 Å². The number of carbonyl (C=O) groups excluding carboxylic acids is 2. The molecule has 0 atom stereocenters. The number of esters is 1. The van der Waals surface area contributed by atoms with Crippen LogP contribution in [0.5, 0.6) is 0 Å². The highest BCUT2D eigenvalue weighted by Crippen LogP contribution is 2.24. The van der Waals surface area contributed by atoms with E-state index >= 15 is 0 Å². The highest BCUT2D eigenvalue weighted by molar-refractivity contribution is 6.16. The first-order valence-electron chi connectivity index (χ1n) is 5.63. The van der Waals surface area contributed by atoms with Crippen LogP contribution in [-0.4, -0.2) is 24.7 Å². The topological polar surface area (TPSA) is 59.0 Å². The Balaban J connectivity index is 2.22. The lowest BCUT2D eigenvalue weighted by Gasteiger charge is -2.13. The van der Waals surface area contributed by atoms with Crippen molar-refractivity contribution in [2.75, 3.05) is 12.1 Å². The molecule has 0 unspecified atom stereocenters. The van der Waals surface area contributed by atoms with Crippen molar-refractivity contribution < 1.29 is 14.3 Å². The number of para-hydroxylation sites is 1. The lowest BCUT2D eigenvalue weighted by Crippen LogP contribution is -2.20. The van der Waals surface area contributed by atoms with Crippen molar-refractivity contribution in [2.24, 2.45) is 5.10 Å². The lowest BCUT2D eigenvalue weighted by molar-refractivity contribution is -0.139. The van der Waals surface area contributed by atoms with Gasteiger partial charge in [-0.2, -0.15) is 5.10 Å². The predicted molar refractivity (Wildman–Crippen MR) is 67.4 cm³/mol. The molecule has 94 valence electrons. The van der Waals surface area contributed by atoms with Crippen molar-refractivity contribution in [1.29, 1.82) is 0 Å². The van der Waals surface area contributed by atoms with E-state index in [1.807, 2.05) is 31.2 Å². The van der Waals surface area contributed by atoms with Gasteiger partial charge in [0.25, 0.3) is 5.91 Å². The van der Waals surface area contributed by atoms with E-state index < -0.39 is 0 Å². The van der Waals surface area contributed by atoms with E-state index in [9.17, 15) is 9.59 Å². The molecule has 0 aliphatic carbocycles. The molecule has 18 heavy (non-hydrogen) atoms. The van der Waals surface area contributed by atoms with Gasteiger partial charge in [0.2, 0.25) is 0 Å². The minimum absolute atomic E-state index is 0.0601. The number of ether oxygens (including phenoxy) is 1. The van der Waals surface area contributed by atoms with E-state index in [1.54, 1.807) is 0 Å². The maximum atomic E-state index is 11.9. The first-order valence-corrected chi connectivity index (χ1v) is 5.63. The predicted octanol–water partition coefficient (Wildman–Crippen LogP) is 1.65. The van der Waals surface area contributed by atoms with Crippen LogP contribution in [0, 0.1) is 6.92 Å². The molecule has 1 aliphatic rings. The molecule has 0 fully saturated rings. The largest absolute Gasteiger partial charge is 0.469 e. The highest BCUT2D eigenvalue weighted by Gasteiger charge is 2.27. The molecule has 1 aliphatic heterocycles. The summed E-state index contributed by atoms with van der Waals surface area (Å²) in [5, 5.41) is 5.54. The van der Waals surface area contributed by atoms with Crippen LogP contribution in [0.15, 0.2) is 29.4 Å². The van der Waals surface area contributed by atoms with Gasteiger partial charge in [-0.15, -0.1) is 0 Å². The second-order valence-electron chi connectivity index (χ2n) is 4.09. The SMILES string of the molecule is COC(=O)CC1=NN(c2ccccc2C)C(=O)C1. The summed E-state index contributed by atoms with van der Waals surface area (Å²) < 4.78 is 4.56. The van der Waals surface area contributed by atoms with Gasteiger partial charge in [-0.05, 0) is 18.6 Å². The van der Waals surface area contributed by atoms with Crippen LogP contribution < -0.4 is 5.01 Å². The molecule has 0 N–H and O–H groups in total. The number of carbonyl (C=O) groups is 2. The molecular weight excluding hydrogens is 232 g/mol. The zero-order valence-electron chi connectivity index (χ0n) is 10.3. The smallest absolute Gasteiger partial charge is 0.311 e. The fourth-order valence-corrected chi connectivity index (χ4v) is 1.81. The lowest BCUT2D eigenvalue weighted by atomic mass is 10.2. The Hall–Kier alpha value is -2.17. The van der Waals surface area contributed by atoms with E-state index in [4.69, 9.17) is 0 Å². The third-order valence-electron chi connectivity index (χ3n) is 2.75. The quantitative estimate of drug-likeness (QED) is 0.762. The molecule has 1 aromatic carbocycles. The summed E-state index contributed by atoms with van der Waals surface area (Å²) in [6.07, 6.45) is 0.230.